The molecule has 624 valence electrons. The molecule has 0 rings (SSSR count). The molecule has 0 aromatic carbocycles. The molecule has 0 aliphatic heterocycles. The molecule has 0 spiro atoms. The molecular formula is C91H148O17P2. The first-order valence-electron chi connectivity index (χ1n) is 42.0. The number of phosphoric ester groups is 2. The van der Waals surface area contributed by atoms with Crippen LogP contribution in [0.4, 0.5) is 0 Å². The molecular weight excluding hydrogens is 1430 g/mol. The van der Waals surface area contributed by atoms with Gasteiger partial charge in [-0.05, 0) is 167 Å². The number of unbranched alkanes of at least 4 members (excludes halogenated alkanes) is 21. The normalized spacial score (nSPS) is 14.7. The van der Waals surface area contributed by atoms with Crippen molar-refractivity contribution in [2.75, 3.05) is 39.6 Å². The number of aliphatic hydroxyl groups is 1. The van der Waals surface area contributed by atoms with E-state index in [0.717, 1.165) is 186 Å². The molecule has 0 saturated heterocycles. The number of hydrogen-bond donors (Lipinski definition) is 3. The molecule has 19 heteroatoms. The standard InChI is InChI=1S/C91H148O17P2/c1-5-9-13-17-21-25-29-33-37-40-42-45-48-51-55-59-63-67-71-75-88(93)101-81-86(107-90(95)77-73-69-65-61-57-53-47-36-32-28-24-20-16-12-8-4)83-105-109(97,98)103-79-85(92)80-104-110(99,100)106-84-87(108-91(96)78-74-70-66-62-58-54-50-44-39-35-31-27-23-19-15-11-7-3)82-102-89(94)76-72-68-64-60-56-52-49-46-43-41-38-34-30-26-22-18-14-10-6-2/h9-11,13-15,21-23,25-27,33-39,42-43,45-47,50,52,54,56,64,68,85-87,92H,5-8,12,16-20,24,28-32,40-41,44,48-49,51,53,55,57-63,65-67,69-84H2,1-4H3,(H,97,98)(H,99,100)/b13-9-,14-10-,15-11-,25-21-,26-22-,27-23-,37-33-,38-34-,39-35-,45-42-,46-43-,47-36-,54-50-,56-52-,68-64-. The van der Waals surface area contributed by atoms with E-state index >= 15 is 0 Å². The van der Waals surface area contributed by atoms with Crippen LogP contribution in [0.3, 0.4) is 0 Å². The van der Waals surface area contributed by atoms with Crippen LogP contribution in [-0.2, 0) is 65.4 Å². The second-order valence-corrected chi connectivity index (χ2v) is 30.2. The Morgan fingerprint density at radius 1 is 0.264 bits per heavy atom. The van der Waals surface area contributed by atoms with Gasteiger partial charge in [-0.3, -0.25) is 37.3 Å². The summed E-state index contributed by atoms with van der Waals surface area (Å²) in [4.78, 5) is 73.2. The number of phosphoric acid groups is 2. The third kappa shape index (κ3) is 80.2. The van der Waals surface area contributed by atoms with E-state index in [1.54, 1.807) is 0 Å². The van der Waals surface area contributed by atoms with Crippen LogP contribution >= 0.6 is 15.6 Å². The average molecular weight is 1580 g/mol. The van der Waals surface area contributed by atoms with Crippen LogP contribution < -0.4 is 0 Å². The van der Waals surface area contributed by atoms with Crippen molar-refractivity contribution >= 4 is 39.5 Å². The molecule has 5 unspecified atom stereocenters. The van der Waals surface area contributed by atoms with Gasteiger partial charge in [-0.2, -0.15) is 0 Å². The number of carbonyl (C=O) groups excluding carboxylic acids is 4. The van der Waals surface area contributed by atoms with E-state index < -0.39 is 97.5 Å². The highest BCUT2D eigenvalue weighted by Crippen LogP contribution is 2.45. The van der Waals surface area contributed by atoms with Crippen molar-refractivity contribution in [1.82, 2.24) is 0 Å². The van der Waals surface area contributed by atoms with Gasteiger partial charge in [-0.25, -0.2) is 9.13 Å². The van der Waals surface area contributed by atoms with Gasteiger partial charge >= 0.3 is 39.5 Å². The Morgan fingerprint density at radius 2 is 0.491 bits per heavy atom. The lowest BCUT2D eigenvalue weighted by atomic mass is 10.1. The van der Waals surface area contributed by atoms with Crippen molar-refractivity contribution in [3.8, 4) is 0 Å². The summed E-state index contributed by atoms with van der Waals surface area (Å²) in [7, 11) is -10.0. The topological polar surface area (TPSA) is 237 Å². The van der Waals surface area contributed by atoms with Gasteiger partial charge in [-0.15, -0.1) is 0 Å². The first-order chi connectivity index (χ1) is 53.7. The summed E-state index contributed by atoms with van der Waals surface area (Å²) in [6, 6.07) is 0. The van der Waals surface area contributed by atoms with Crippen LogP contribution in [0.25, 0.3) is 0 Å². The Kier molecular flexibility index (Phi) is 76.9. The molecule has 5 atom stereocenters. The van der Waals surface area contributed by atoms with Gasteiger partial charge in [0.05, 0.1) is 26.4 Å². The van der Waals surface area contributed by atoms with Crippen molar-refractivity contribution in [1.29, 1.82) is 0 Å². The number of rotatable bonds is 77. The Bertz CT molecular complexity index is 2800. The Morgan fingerprint density at radius 3 is 0.791 bits per heavy atom. The van der Waals surface area contributed by atoms with Crippen LogP contribution in [0.15, 0.2) is 182 Å². The Labute approximate surface area is 666 Å². The van der Waals surface area contributed by atoms with Gasteiger partial charge in [0, 0.05) is 25.7 Å². The zero-order valence-electron chi connectivity index (χ0n) is 68.4. The predicted molar refractivity (Wildman–Crippen MR) is 454 cm³/mol. The number of hydrogen-bond acceptors (Lipinski definition) is 15. The van der Waals surface area contributed by atoms with Crippen molar-refractivity contribution in [3.63, 3.8) is 0 Å². The van der Waals surface area contributed by atoms with Crippen LogP contribution in [-0.4, -0.2) is 96.7 Å². The lowest BCUT2D eigenvalue weighted by molar-refractivity contribution is -0.161. The first-order valence-corrected chi connectivity index (χ1v) is 45.0. The van der Waals surface area contributed by atoms with Crippen LogP contribution in [0, 0.1) is 0 Å². The van der Waals surface area contributed by atoms with Gasteiger partial charge in [0.1, 0.15) is 19.3 Å². The maximum atomic E-state index is 13.1. The predicted octanol–water partition coefficient (Wildman–Crippen LogP) is 25.1. The molecule has 0 aliphatic rings. The number of ether oxygens (including phenoxy) is 4. The van der Waals surface area contributed by atoms with Crippen LogP contribution in [0.5, 0.6) is 0 Å². The number of aliphatic hydroxyl groups excluding tert-OH is 1. The second kappa shape index (κ2) is 81.2. The van der Waals surface area contributed by atoms with E-state index in [-0.39, 0.29) is 25.7 Å². The molecule has 0 heterocycles. The van der Waals surface area contributed by atoms with E-state index in [1.807, 2.05) is 18.2 Å². The summed E-state index contributed by atoms with van der Waals surface area (Å²) < 4.78 is 68.7. The molecule has 3 N–H and O–H groups in total. The molecule has 0 aromatic heterocycles. The van der Waals surface area contributed by atoms with Gasteiger partial charge in [-0.1, -0.05) is 300 Å². The van der Waals surface area contributed by atoms with E-state index in [4.69, 9.17) is 37.0 Å². The quantitative estimate of drug-likeness (QED) is 0.0169. The molecule has 17 nitrogen and oxygen atoms in total. The van der Waals surface area contributed by atoms with Gasteiger partial charge in [0.15, 0.2) is 12.2 Å². The molecule has 110 heavy (non-hydrogen) atoms. The Balaban J connectivity index is 5.49. The van der Waals surface area contributed by atoms with E-state index in [2.05, 4.69) is 192 Å². The lowest BCUT2D eigenvalue weighted by Gasteiger charge is -2.21. The zero-order chi connectivity index (χ0) is 80.3. The minimum atomic E-state index is -5.01. The number of carbonyl (C=O) groups is 4. The molecule has 0 amide bonds. The molecule has 0 radical (unpaired) electrons. The van der Waals surface area contributed by atoms with E-state index in [9.17, 15) is 43.2 Å². The average Bonchev–Trinajstić information content (AvgIpc) is 0.906. The summed E-state index contributed by atoms with van der Waals surface area (Å²) in [5.74, 6) is -2.33. The maximum Gasteiger partial charge on any atom is 0.472 e. The van der Waals surface area contributed by atoms with Crippen molar-refractivity contribution < 1.29 is 80.2 Å². The second-order valence-electron chi connectivity index (χ2n) is 27.3. The third-order valence-corrected chi connectivity index (χ3v) is 18.8. The molecule has 0 fully saturated rings. The summed E-state index contributed by atoms with van der Waals surface area (Å²) in [6.07, 6.45) is 98.7. The fraction of sp³-hybridized carbons (Fsp3) is 0.626. The summed E-state index contributed by atoms with van der Waals surface area (Å²) in [6.45, 7) is 4.39. The molecule has 0 aliphatic carbocycles. The van der Waals surface area contributed by atoms with Crippen molar-refractivity contribution in [2.45, 2.75) is 329 Å². The zero-order valence-corrected chi connectivity index (χ0v) is 70.1. The summed E-state index contributed by atoms with van der Waals surface area (Å²) >= 11 is 0. The first kappa shape index (κ1) is 104. The number of esters is 4. The molecule has 0 saturated carbocycles. The lowest BCUT2D eigenvalue weighted by Crippen LogP contribution is -2.30. The van der Waals surface area contributed by atoms with E-state index in [1.165, 1.54) is 38.5 Å². The fourth-order valence-corrected chi connectivity index (χ4v) is 12.2. The largest absolute Gasteiger partial charge is 0.472 e. The van der Waals surface area contributed by atoms with Crippen LogP contribution in [0.1, 0.15) is 310 Å². The van der Waals surface area contributed by atoms with Gasteiger partial charge in [0.25, 0.3) is 0 Å². The number of allylic oxidation sites excluding steroid dienone is 30. The minimum Gasteiger partial charge on any atom is -0.462 e. The highest BCUT2D eigenvalue weighted by molar-refractivity contribution is 7.47. The smallest absolute Gasteiger partial charge is 0.462 e. The highest BCUT2D eigenvalue weighted by Gasteiger charge is 2.30. The molecule has 0 bridgehead atoms. The van der Waals surface area contributed by atoms with Crippen molar-refractivity contribution in [3.05, 3.63) is 182 Å². The van der Waals surface area contributed by atoms with Gasteiger partial charge < -0.3 is 33.8 Å². The third-order valence-electron chi connectivity index (χ3n) is 16.9. The van der Waals surface area contributed by atoms with Crippen molar-refractivity contribution in [2.24, 2.45) is 0 Å². The maximum absolute atomic E-state index is 13.1. The fourth-order valence-electron chi connectivity index (χ4n) is 10.6. The SMILES string of the molecule is CC/C=C\C/C=C\C/C=C\C/C=C\C/C=C\C/C=C\CCC(=O)OCC(COP(=O)(O)OCC(O)COP(=O)(O)OCC(COC(=O)CCCCCCCC/C=C\C/C=C\C/C=C\C/C=C\CC)OC(=O)CCCCCCC/C=C\CCCCCCCC)OC(=O)CCCCCC/C=C\C/C=C\C/C=C\C/C=C\CC. The molecule has 0 aromatic rings. The summed E-state index contributed by atoms with van der Waals surface area (Å²) in [5, 5.41) is 10.7. The summed E-state index contributed by atoms with van der Waals surface area (Å²) in [5.41, 5.74) is 0. The van der Waals surface area contributed by atoms with Crippen LogP contribution in [0.2, 0.25) is 0 Å². The highest BCUT2D eigenvalue weighted by atomic mass is 31.2. The van der Waals surface area contributed by atoms with E-state index in [0.29, 0.717) is 32.1 Å². The minimum absolute atomic E-state index is 0.0236. The monoisotopic (exact) mass is 1580 g/mol. The Hall–Kier alpha value is -5.84. The van der Waals surface area contributed by atoms with Gasteiger partial charge in [0.2, 0.25) is 0 Å².